The summed E-state index contributed by atoms with van der Waals surface area (Å²) in [6.45, 7) is 2.43. The Labute approximate surface area is 153 Å². The van der Waals surface area contributed by atoms with Crippen LogP contribution in [0.5, 0.6) is 0 Å². The van der Waals surface area contributed by atoms with E-state index in [4.69, 9.17) is 0 Å². The highest BCUT2D eigenvalue weighted by molar-refractivity contribution is 5.94. The fourth-order valence-corrected chi connectivity index (χ4v) is 3.29. The Hall–Kier alpha value is -3.14. The molecular formula is C22H21N3O. The van der Waals surface area contributed by atoms with Crippen LogP contribution in [0, 0.1) is 0 Å². The molecule has 1 aliphatic rings. The predicted octanol–water partition coefficient (Wildman–Crippen LogP) is 3.57. The molecule has 0 aliphatic carbocycles. The van der Waals surface area contributed by atoms with Gasteiger partial charge in [0.25, 0.3) is 5.91 Å². The molecule has 0 saturated carbocycles. The normalized spacial score (nSPS) is 12.7. The van der Waals surface area contributed by atoms with Crippen LogP contribution in [0.3, 0.4) is 0 Å². The van der Waals surface area contributed by atoms with Crippen LogP contribution < -0.4 is 10.2 Å². The average Bonchev–Trinajstić information content (AvgIpc) is 3.13. The van der Waals surface area contributed by atoms with Crippen molar-refractivity contribution in [2.24, 2.45) is 0 Å². The van der Waals surface area contributed by atoms with E-state index in [9.17, 15) is 4.79 Å². The largest absolute Gasteiger partial charge is 0.363 e. The van der Waals surface area contributed by atoms with Crippen molar-refractivity contribution in [1.29, 1.82) is 0 Å². The Morgan fingerprint density at radius 3 is 2.27 bits per heavy atom. The number of hydrogen-bond acceptors (Lipinski definition) is 3. The molecule has 1 amide bonds. The summed E-state index contributed by atoms with van der Waals surface area (Å²) >= 11 is 0. The van der Waals surface area contributed by atoms with Gasteiger partial charge in [-0.1, -0.05) is 30.3 Å². The molecular weight excluding hydrogens is 322 g/mol. The van der Waals surface area contributed by atoms with Crippen molar-refractivity contribution in [3.8, 4) is 0 Å². The third-order valence-corrected chi connectivity index (χ3v) is 4.73. The minimum Gasteiger partial charge on any atom is -0.363 e. The Morgan fingerprint density at radius 1 is 0.923 bits per heavy atom. The van der Waals surface area contributed by atoms with Gasteiger partial charge in [0.1, 0.15) is 0 Å². The first kappa shape index (κ1) is 16.3. The highest BCUT2D eigenvalue weighted by Crippen LogP contribution is 2.28. The van der Waals surface area contributed by atoms with Gasteiger partial charge in [0.2, 0.25) is 0 Å². The van der Waals surface area contributed by atoms with Crippen molar-refractivity contribution >= 4 is 11.6 Å². The molecule has 0 fully saturated rings. The van der Waals surface area contributed by atoms with Gasteiger partial charge in [-0.3, -0.25) is 9.78 Å². The molecule has 130 valence electrons. The Bertz CT molecular complexity index is 866. The molecule has 0 unspecified atom stereocenters. The number of rotatable bonds is 5. The molecule has 1 N–H and O–H groups in total. The molecule has 4 nitrogen and oxygen atoms in total. The maximum atomic E-state index is 12.3. The number of carbonyl (C=O) groups excluding carboxylic acids is 1. The monoisotopic (exact) mass is 343 g/mol. The molecule has 1 aliphatic heterocycles. The van der Waals surface area contributed by atoms with Crippen LogP contribution in [0.25, 0.3) is 0 Å². The lowest BCUT2D eigenvalue weighted by molar-refractivity contribution is 0.0954. The van der Waals surface area contributed by atoms with Crippen molar-refractivity contribution in [2.75, 3.05) is 11.4 Å². The van der Waals surface area contributed by atoms with Gasteiger partial charge in [-0.05, 0) is 47.5 Å². The summed E-state index contributed by atoms with van der Waals surface area (Å²) in [7, 11) is 0. The van der Waals surface area contributed by atoms with Gasteiger partial charge in [0, 0.05) is 49.2 Å². The summed E-state index contributed by atoms with van der Waals surface area (Å²) in [5.74, 6) is -0.0443. The lowest BCUT2D eigenvalue weighted by Gasteiger charge is -2.18. The second kappa shape index (κ2) is 7.40. The number of amides is 1. The van der Waals surface area contributed by atoms with Crippen LogP contribution in [0.4, 0.5) is 5.69 Å². The number of fused-ring (bicyclic) bond motifs is 1. The van der Waals surface area contributed by atoms with E-state index < -0.39 is 0 Å². The third kappa shape index (κ3) is 3.59. The van der Waals surface area contributed by atoms with E-state index in [2.05, 4.69) is 39.5 Å². The highest BCUT2D eigenvalue weighted by atomic mass is 16.1. The lowest BCUT2D eigenvalue weighted by Crippen LogP contribution is -2.26. The SMILES string of the molecule is O=C(NCCc1ccccn1)c1ccc(N2Cc3ccccc3C2)cc1. The summed E-state index contributed by atoms with van der Waals surface area (Å²) in [5, 5.41) is 2.96. The fraction of sp³-hybridized carbons (Fsp3) is 0.182. The number of pyridine rings is 1. The number of hydrogen-bond donors (Lipinski definition) is 1. The number of benzene rings is 2. The van der Waals surface area contributed by atoms with Crippen molar-refractivity contribution in [1.82, 2.24) is 10.3 Å². The molecule has 26 heavy (non-hydrogen) atoms. The second-order valence-electron chi connectivity index (χ2n) is 6.50. The molecule has 3 aromatic rings. The quantitative estimate of drug-likeness (QED) is 0.770. The van der Waals surface area contributed by atoms with E-state index >= 15 is 0 Å². The van der Waals surface area contributed by atoms with E-state index in [-0.39, 0.29) is 5.91 Å². The minimum absolute atomic E-state index is 0.0443. The molecule has 0 spiro atoms. The molecule has 0 bridgehead atoms. The summed E-state index contributed by atoms with van der Waals surface area (Å²) in [5.41, 5.74) is 5.57. The van der Waals surface area contributed by atoms with Gasteiger partial charge in [-0.2, -0.15) is 0 Å². The van der Waals surface area contributed by atoms with Crippen molar-refractivity contribution in [3.63, 3.8) is 0 Å². The first-order valence-electron chi connectivity index (χ1n) is 8.89. The van der Waals surface area contributed by atoms with E-state index in [1.165, 1.54) is 11.1 Å². The molecule has 2 heterocycles. The van der Waals surface area contributed by atoms with E-state index in [0.717, 1.165) is 30.9 Å². The van der Waals surface area contributed by atoms with Gasteiger partial charge in [0.05, 0.1) is 0 Å². The van der Waals surface area contributed by atoms with E-state index in [1.807, 2.05) is 42.5 Å². The number of carbonyl (C=O) groups is 1. The van der Waals surface area contributed by atoms with E-state index in [1.54, 1.807) is 6.20 Å². The lowest BCUT2D eigenvalue weighted by atomic mass is 10.1. The number of nitrogens with one attached hydrogen (secondary N) is 1. The fourth-order valence-electron chi connectivity index (χ4n) is 3.29. The van der Waals surface area contributed by atoms with Crippen LogP contribution in [0.2, 0.25) is 0 Å². The maximum Gasteiger partial charge on any atom is 0.251 e. The van der Waals surface area contributed by atoms with Crippen LogP contribution in [0.15, 0.2) is 72.9 Å². The van der Waals surface area contributed by atoms with Crippen molar-refractivity contribution in [2.45, 2.75) is 19.5 Å². The summed E-state index contributed by atoms with van der Waals surface area (Å²) in [6.07, 6.45) is 2.50. The third-order valence-electron chi connectivity index (χ3n) is 4.73. The van der Waals surface area contributed by atoms with Crippen LogP contribution in [-0.2, 0) is 19.5 Å². The van der Waals surface area contributed by atoms with Crippen molar-refractivity contribution in [3.05, 3.63) is 95.3 Å². The predicted molar refractivity (Wildman–Crippen MR) is 103 cm³/mol. The van der Waals surface area contributed by atoms with Crippen LogP contribution >= 0.6 is 0 Å². The maximum absolute atomic E-state index is 12.3. The zero-order chi connectivity index (χ0) is 17.8. The topological polar surface area (TPSA) is 45.2 Å². The molecule has 0 saturated heterocycles. The number of nitrogens with zero attached hydrogens (tertiary/aromatic N) is 2. The zero-order valence-electron chi connectivity index (χ0n) is 14.6. The van der Waals surface area contributed by atoms with Crippen molar-refractivity contribution < 1.29 is 4.79 Å². The molecule has 1 aromatic heterocycles. The smallest absolute Gasteiger partial charge is 0.251 e. The van der Waals surface area contributed by atoms with Crippen LogP contribution in [0.1, 0.15) is 27.2 Å². The molecule has 0 radical (unpaired) electrons. The first-order valence-corrected chi connectivity index (χ1v) is 8.89. The Kier molecular flexibility index (Phi) is 4.65. The molecule has 4 heteroatoms. The van der Waals surface area contributed by atoms with Gasteiger partial charge >= 0.3 is 0 Å². The van der Waals surface area contributed by atoms with E-state index in [0.29, 0.717) is 12.1 Å². The standard InChI is InChI=1S/C22H21N3O/c26-22(24-14-12-20-7-3-4-13-23-20)17-8-10-21(11-9-17)25-15-18-5-1-2-6-19(18)16-25/h1-11,13H,12,14-16H2,(H,24,26). The van der Waals surface area contributed by atoms with Crippen LogP contribution in [-0.4, -0.2) is 17.4 Å². The second-order valence-corrected chi connectivity index (χ2v) is 6.50. The highest BCUT2D eigenvalue weighted by Gasteiger charge is 2.18. The summed E-state index contributed by atoms with van der Waals surface area (Å²) in [6, 6.07) is 22.2. The van der Waals surface area contributed by atoms with Gasteiger partial charge < -0.3 is 10.2 Å². The summed E-state index contributed by atoms with van der Waals surface area (Å²) in [4.78, 5) is 18.9. The first-order chi connectivity index (χ1) is 12.8. The molecule has 0 atom stereocenters. The number of anilines is 1. The van der Waals surface area contributed by atoms with Gasteiger partial charge in [-0.25, -0.2) is 0 Å². The molecule has 2 aromatic carbocycles. The Morgan fingerprint density at radius 2 is 1.62 bits per heavy atom. The summed E-state index contributed by atoms with van der Waals surface area (Å²) < 4.78 is 0. The molecule has 4 rings (SSSR count). The average molecular weight is 343 g/mol. The zero-order valence-corrected chi connectivity index (χ0v) is 14.6. The number of aromatic nitrogens is 1. The van der Waals surface area contributed by atoms with Gasteiger partial charge in [-0.15, -0.1) is 0 Å². The van der Waals surface area contributed by atoms with Gasteiger partial charge in [0.15, 0.2) is 0 Å². The minimum atomic E-state index is -0.0443. The Balaban J connectivity index is 1.33.